The number of carbonyl (C=O) groups is 1. The highest BCUT2D eigenvalue weighted by molar-refractivity contribution is 5.93. The van der Waals surface area contributed by atoms with Crippen molar-refractivity contribution >= 4 is 11.7 Å². The second-order valence-corrected chi connectivity index (χ2v) is 6.81. The Hall–Kier alpha value is -3.86. The van der Waals surface area contributed by atoms with Crippen LogP contribution in [0.3, 0.4) is 0 Å². The standard InChI is InChI=1S/C24H20N4O/c1-16-12-20(9-11-26-16)18-5-7-19(8-6-18)23-13-22(21-4-3-10-25-14-21)15-27-24(23)28-17(2)29/h3-15H,1-2H3,(H,27,28,29). The number of carbonyl (C=O) groups excluding carboxylic acids is 1. The van der Waals surface area contributed by atoms with Gasteiger partial charge in [-0.25, -0.2) is 4.98 Å². The molecular formula is C24H20N4O. The molecule has 0 radical (unpaired) electrons. The third kappa shape index (κ3) is 4.19. The number of nitrogens with one attached hydrogen (secondary N) is 1. The lowest BCUT2D eigenvalue weighted by atomic mass is 9.98. The van der Waals surface area contributed by atoms with E-state index in [2.05, 4.69) is 38.5 Å². The highest BCUT2D eigenvalue weighted by Crippen LogP contribution is 2.32. The minimum absolute atomic E-state index is 0.156. The van der Waals surface area contributed by atoms with Crippen molar-refractivity contribution in [1.82, 2.24) is 15.0 Å². The van der Waals surface area contributed by atoms with Gasteiger partial charge in [-0.1, -0.05) is 30.3 Å². The molecule has 5 heteroatoms. The van der Waals surface area contributed by atoms with E-state index >= 15 is 0 Å². The van der Waals surface area contributed by atoms with E-state index in [0.29, 0.717) is 5.82 Å². The molecule has 0 spiro atoms. The summed E-state index contributed by atoms with van der Waals surface area (Å²) < 4.78 is 0. The molecule has 1 aromatic carbocycles. The highest BCUT2D eigenvalue weighted by atomic mass is 16.1. The topological polar surface area (TPSA) is 67.8 Å². The third-order valence-corrected chi connectivity index (χ3v) is 4.60. The van der Waals surface area contributed by atoms with E-state index in [-0.39, 0.29) is 5.91 Å². The lowest BCUT2D eigenvalue weighted by molar-refractivity contribution is -0.114. The van der Waals surface area contributed by atoms with E-state index in [1.54, 1.807) is 18.6 Å². The molecule has 0 aliphatic rings. The van der Waals surface area contributed by atoms with Crippen molar-refractivity contribution in [2.24, 2.45) is 0 Å². The largest absolute Gasteiger partial charge is 0.310 e. The molecule has 1 amide bonds. The number of pyridine rings is 3. The van der Waals surface area contributed by atoms with Crippen LogP contribution in [0.1, 0.15) is 12.6 Å². The number of hydrogen-bond donors (Lipinski definition) is 1. The molecule has 0 aliphatic heterocycles. The first-order valence-corrected chi connectivity index (χ1v) is 9.31. The molecule has 0 atom stereocenters. The molecule has 1 N–H and O–H groups in total. The summed E-state index contributed by atoms with van der Waals surface area (Å²) in [6, 6.07) is 18.2. The number of nitrogens with zero attached hydrogens (tertiary/aromatic N) is 3. The van der Waals surface area contributed by atoms with Crippen LogP contribution >= 0.6 is 0 Å². The van der Waals surface area contributed by atoms with Crippen LogP contribution < -0.4 is 5.32 Å². The Bertz CT molecular complexity index is 1160. The van der Waals surface area contributed by atoms with Gasteiger partial charge in [0.25, 0.3) is 0 Å². The lowest BCUT2D eigenvalue weighted by Gasteiger charge is -2.12. The molecule has 3 heterocycles. The van der Waals surface area contributed by atoms with Crippen molar-refractivity contribution in [3.63, 3.8) is 0 Å². The molecule has 0 saturated carbocycles. The molecular weight excluding hydrogens is 360 g/mol. The van der Waals surface area contributed by atoms with E-state index < -0.39 is 0 Å². The maximum Gasteiger partial charge on any atom is 0.222 e. The third-order valence-electron chi connectivity index (χ3n) is 4.60. The first kappa shape index (κ1) is 18.5. The first-order valence-electron chi connectivity index (χ1n) is 9.31. The van der Waals surface area contributed by atoms with Crippen molar-refractivity contribution in [2.75, 3.05) is 5.32 Å². The van der Waals surface area contributed by atoms with E-state index in [9.17, 15) is 4.79 Å². The summed E-state index contributed by atoms with van der Waals surface area (Å²) in [4.78, 5) is 24.6. The van der Waals surface area contributed by atoms with Gasteiger partial charge in [-0.3, -0.25) is 14.8 Å². The predicted molar refractivity (Wildman–Crippen MR) is 115 cm³/mol. The number of aryl methyl sites for hydroxylation is 1. The van der Waals surface area contributed by atoms with Crippen LogP contribution in [0.5, 0.6) is 0 Å². The quantitative estimate of drug-likeness (QED) is 0.532. The highest BCUT2D eigenvalue weighted by Gasteiger charge is 2.11. The predicted octanol–water partition coefficient (Wildman–Crippen LogP) is 5.14. The van der Waals surface area contributed by atoms with E-state index in [4.69, 9.17) is 0 Å². The molecule has 0 unspecified atom stereocenters. The van der Waals surface area contributed by atoms with E-state index in [1.165, 1.54) is 6.92 Å². The zero-order chi connectivity index (χ0) is 20.2. The molecule has 3 aromatic heterocycles. The van der Waals surface area contributed by atoms with Gasteiger partial charge in [-0.05, 0) is 47.9 Å². The van der Waals surface area contributed by atoms with Crippen LogP contribution in [-0.2, 0) is 4.79 Å². The number of aromatic nitrogens is 3. The molecule has 4 aromatic rings. The number of hydrogen-bond acceptors (Lipinski definition) is 4. The summed E-state index contributed by atoms with van der Waals surface area (Å²) in [6.07, 6.45) is 7.10. The van der Waals surface area contributed by atoms with Crippen molar-refractivity contribution in [2.45, 2.75) is 13.8 Å². The SMILES string of the molecule is CC(=O)Nc1ncc(-c2cccnc2)cc1-c1ccc(-c2ccnc(C)c2)cc1. The fraction of sp³-hybridized carbons (Fsp3) is 0.0833. The fourth-order valence-corrected chi connectivity index (χ4v) is 3.21. The number of anilines is 1. The van der Waals surface area contributed by atoms with Gasteiger partial charge in [0.2, 0.25) is 5.91 Å². The van der Waals surface area contributed by atoms with Gasteiger partial charge in [-0.15, -0.1) is 0 Å². The Labute approximate surface area is 169 Å². The fourth-order valence-electron chi connectivity index (χ4n) is 3.21. The molecule has 0 saturated heterocycles. The maximum atomic E-state index is 11.7. The molecule has 0 aliphatic carbocycles. The molecule has 0 fully saturated rings. The molecule has 5 nitrogen and oxygen atoms in total. The van der Waals surface area contributed by atoms with Gasteiger partial charge in [0.1, 0.15) is 5.82 Å². The summed E-state index contributed by atoms with van der Waals surface area (Å²) >= 11 is 0. The number of rotatable bonds is 4. The Morgan fingerprint density at radius 2 is 1.59 bits per heavy atom. The summed E-state index contributed by atoms with van der Waals surface area (Å²) in [5, 5.41) is 2.83. The second-order valence-electron chi connectivity index (χ2n) is 6.81. The van der Waals surface area contributed by atoms with Gasteiger partial charge in [-0.2, -0.15) is 0 Å². The maximum absolute atomic E-state index is 11.7. The Morgan fingerprint density at radius 3 is 2.28 bits per heavy atom. The van der Waals surface area contributed by atoms with Gasteiger partial charge in [0.05, 0.1) is 0 Å². The molecule has 29 heavy (non-hydrogen) atoms. The lowest BCUT2D eigenvalue weighted by Crippen LogP contribution is -2.08. The Balaban J connectivity index is 1.76. The average Bonchev–Trinajstić information content (AvgIpc) is 2.74. The molecule has 4 rings (SSSR count). The molecule has 142 valence electrons. The normalized spacial score (nSPS) is 10.6. The number of amides is 1. The van der Waals surface area contributed by atoms with Crippen LogP contribution in [0.2, 0.25) is 0 Å². The minimum Gasteiger partial charge on any atom is -0.310 e. The van der Waals surface area contributed by atoms with Crippen LogP contribution in [0, 0.1) is 6.92 Å². The van der Waals surface area contributed by atoms with Crippen molar-refractivity contribution in [1.29, 1.82) is 0 Å². The summed E-state index contributed by atoms with van der Waals surface area (Å²) in [5.41, 5.74) is 6.95. The smallest absolute Gasteiger partial charge is 0.222 e. The van der Waals surface area contributed by atoms with E-state index in [0.717, 1.165) is 39.1 Å². The van der Waals surface area contributed by atoms with Gasteiger partial charge in [0, 0.05) is 54.1 Å². The van der Waals surface area contributed by atoms with Gasteiger partial charge < -0.3 is 5.32 Å². The van der Waals surface area contributed by atoms with Crippen LogP contribution in [0.4, 0.5) is 5.82 Å². The number of benzene rings is 1. The van der Waals surface area contributed by atoms with Gasteiger partial charge >= 0.3 is 0 Å². The molecule has 0 bridgehead atoms. The summed E-state index contributed by atoms with van der Waals surface area (Å²) in [6.45, 7) is 3.46. The zero-order valence-corrected chi connectivity index (χ0v) is 16.3. The van der Waals surface area contributed by atoms with Crippen LogP contribution in [-0.4, -0.2) is 20.9 Å². The minimum atomic E-state index is -0.156. The summed E-state index contributed by atoms with van der Waals surface area (Å²) in [7, 11) is 0. The van der Waals surface area contributed by atoms with Crippen molar-refractivity contribution in [3.8, 4) is 33.4 Å². The van der Waals surface area contributed by atoms with Crippen LogP contribution in [0.25, 0.3) is 33.4 Å². The first-order chi connectivity index (χ1) is 14.1. The summed E-state index contributed by atoms with van der Waals surface area (Å²) in [5.74, 6) is 0.384. The van der Waals surface area contributed by atoms with Crippen molar-refractivity contribution < 1.29 is 4.79 Å². The van der Waals surface area contributed by atoms with E-state index in [1.807, 2.05) is 49.5 Å². The zero-order valence-electron chi connectivity index (χ0n) is 16.3. The van der Waals surface area contributed by atoms with Gasteiger partial charge in [0.15, 0.2) is 0 Å². The second kappa shape index (κ2) is 8.02. The average molecular weight is 380 g/mol. The Kier molecular flexibility index (Phi) is 5.12. The van der Waals surface area contributed by atoms with Crippen LogP contribution in [0.15, 0.2) is 79.4 Å². The Morgan fingerprint density at radius 1 is 0.793 bits per heavy atom. The monoisotopic (exact) mass is 380 g/mol. The van der Waals surface area contributed by atoms with Crippen molar-refractivity contribution in [3.05, 3.63) is 85.1 Å².